The summed E-state index contributed by atoms with van der Waals surface area (Å²) in [7, 11) is 1.66. The number of carbonyl (C=O) groups is 1. The van der Waals surface area contributed by atoms with E-state index in [0.29, 0.717) is 23.9 Å². The molecule has 0 fully saturated rings. The van der Waals surface area contributed by atoms with Crippen LogP contribution in [0.4, 0.5) is 0 Å². The van der Waals surface area contributed by atoms with Gasteiger partial charge in [-0.15, -0.1) is 11.3 Å². The van der Waals surface area contributed by atoms with Crippen molar-refractivity contribution in [2.75, 3.05) is 7.11 Å². The van der Waals surface area contributed by atoms with E-state index in [-0.39, 0.29) is 5.91 Å². The van der Waals surface area contributed by atoms with Crippen LogP contribution in [0.5, 0.6) is 0 Å². The fourth-order valence-electron chi connectivity index (χ4n) is 2.37. The van der Waals surface area contributed by atoms with Crippen LogP contribution in [-0.4, -0.2) is 18.0 Å². The first kappa shape index (κ1) is 17.6. The van der Waals surface area contributed by atoms with E-state index in [9.17, 15) is 4.79 Å². The number of hydrogen-bond donors (Lipinski definition) is 1. The Labute approximate surface area is 155 Å². The third kappa shape index (κ3) is 4.66. The van der Waals surface area contributed by atoms with E-state index in [2.05, 4.69) is 10.3 Å². The lowest BCUT2D eigenvalue weighted by Crippen LogP contribution is -2.23. The molecule has 128 valence electrons. The van der Waals surface area contributed by atoms with Gasteiger partial charge >= 0.3 is 0 Å². The Hall–Kier alpha value is -2.21. The maximum atomic E-state index is 12.3. The number of hydrogen-bond acceptors (Lipinski definition) is 4. The number of carbonyl (C=O) groups excluding carboxylic acids is 1. The highest BCUT2D eigenvalue weighted by molar-refractivity contribution is 7.13. The largest absolute Gasteiger partial charge is 0.380 e. The molecule has 0 aliphatic heterocycles. The summed E-state index contributed by atoms with van der Waals surface area (Å²) in [6.45, 7) is 1.00. The third-order valence-corrected chi connectivity index (χ3v) is 4.73. The van der Waals surface area contributed by atoms with Crippen LogP contribution < -0.4 is 5.32 Å². The van der Waals surface area contributed by atoms with E-state index in [1.165, 1.54) is 11.3 Å². The predicted molar refractivity (Wildman–Crippen MR) is 101 cm³/mol. The molecule has 0 aliphatic rings. The summed E-state index contributed by atoms with van der Waals surface area (Å²) in [4.78, 5) is 16.7. The zero-order chi connectivity index (χ0) is 17.6. The van der Waals surface area contributed by atoms with Crippen molar-refractivity contribution in [3.05, 3.63) is 75.8 Å². The van der Waals surface area contributed by atoms with Crippen molar-refractivity contribution >= 4 is 28.8 Å². The first-order chi connectivity index (χ1) is 12.2. The monoisotopic (exact) mass is 372 g/mol. The molecular formula is C19H17ClN2O2S. The third-order valence-electron chi connectivity index (χ3n) is 3.58. The Balaban J connectivity index is 1.64. The molecule has 1 aromatic heterocycles. The summed E-state index contributed by atoms with van der Waals surface area (Å²) in [5.74, 6) is -0.186. The number of ether oxygens (including phenoxy) is 1. The topological polar surface area (TPSA) is 51.2 Å². The van der Waals surface area contributed by atoms with Crippen molar-refractivity contribution < 1.29 is 9.53 Å². The second-order valence-corrected chi connectivity index (χ2v) is 6.77. The summed E-state index contributed by atoms with van der Waals surface area (Å²) in [5.41, 5.74) is 3.47. The normalized spacial score (nSPS) is 10.6. The molecule has 2 aromatic carbocycles. The first-order valence-corrected chi connectivity index (χ1v) is 8.98. The van der Waals surface area contributed by atoms with Crippen molar-refractivity contribution in [3.8, 4) is 10.6 Å². The fraction of sp³-hybridized carbons (Fsp3) is 0.158. The van der Waals surface area contributed by atoms with Crippen molar-refractivity contribution in [2.45, 2.75) is 13.2 Å². The van der Waals surface area contributed by atoms with E-state index in [1.807, 2.05) is 48.5 Å². The van der Waals surface area contributed by atoms with Crippen LogP contribution in [0.3, 0.4) is 0 Å². The van der Waals surface area contributed by atoms with Crippen LogP contribution in [0.2, 0.25) is 5.02 Å². The van der Waals surface area contributed by atoms with Gasteiger partial charge in [0.2, 0.25) is 0 Å². The Morgan fingerprint density at radius 1 is 1.20 bits per heavy atom. The minimum atomic E-state index is -0.186. The Morgan fingerprint density at radius 3 is 2.72 bits per heavy atom. The van der Waals surface area contributed by atoms with Crippen LogP contribution in [0.15, 0.2) is 53.9 Å². The Bertz CT molecular complexity index is 862. The average molecular weight is 373 g/mol. The zero-order valence-electron chi connectivity index (χ0n) is 13.7. The van der Waals surface area contributed by atoms with Gasteiger partial charge in [-0.05, 0) is 23.3 Å². The molecule has 0 radical (unpaired) electrons. The number of nitrogens with one attached hydrogen (secondary N) is 1. The molecule has 25 heavy (non-hydrogen) atoms. The molecule has 0 atom stereocenters. The second-order valence-electron chi connectivity index (χ2n) is 5.48. The zero-order valence-corrected chi connectivity index (χ0v) is 15.2. The van der Waals surface area contributed by atoms with Crippen LogP contribution >= 0.6 is 22.9 Å². The molecule has 0 saturated heterocycles. The standard InChI is InChI=1S/C19H17ClN2O2S/c1-24-11-14-4-2-3-13(9-14)10-21-18(23)17-12-25-19(22-17)15-5-7-16(20)8-6-15/h2-9,12H,10-11H2,1H3,(H,21,23). The highest BCUT2D eigenvalue weighted by Gasteiger charge is 2.11. The van der Waals surface area contributed by atoms with Crippen LogP contribution in [-0.2, 0) is 17.9 Å². The molecule has 0 unspecified atom stereocenters. The van der Waals surface area contributed by atoms with Gasteiger partial charge in [0.25, 0.3) is 5.91 Å². The maximum absolute atomic E-state index is 12.3. The molecule has 1 N–H and O–H groups in total. The van der Waals surface area contributed by atoms with Crippen molar-refractivity contribution in [1.82, 2.24) is 10.3 Å². The number of rotatable bonds is 6. The minimum Gasteiger partial charge on any atom is -0.380 e. The second kappa shape index (κ2) is 8.25. The van der Waals surface area contributed by atoms with Gasteiger partial charge in [-0.25, -0.2) is 4.98 Å². The molecule has 1 heterocycles. The maximum Gasteiger partial charge on any atom is 0.271 e. The van der Waals surface area contributed by atoms with E-state index >= 15 is 0 Å². The number of thiazole rings is 1. The fourth-order valence-corrected chi connectivity index (χ4v) is 3.30. The van der Waals surface area contributed by atoms with Gasteiger partial charge in [0.15, 0.2) is 0 Å². The Kier molecular flexibility index (Phi) is 5.81. The van der Waals surface area contributed by atoms with Gasteiger partial charge in [0.05, 0.1) is 6.61 Å². The van der Waals surface area contributed by atoms with Gasteiger partial charge in [0, 0.05) is 29.6 Å². The van der Waals surface area contributed by atoms with E-state index in [0.717, 1.165) is 21.7 Å². The molecule has 1 amide bonds. The Morgan fingerprint density at radius 2 is 1.96 bits per heavy atom. The number of nitrogens with zero attached hydrogens (tertiary/aromatic N) is 1. The number of methoxy groups -OCH3 is 1. The number of aromatic nitrogens is 1. The molecule has 0 aliphatic carbocycles. The van der Waals surface area contributed by atoms with E-state index in [4.69, 9.17) is 16.3 Å². The average Bonchev–Trinajstić information content (AvgIpc) is 3.11. The number of halogens is 1. The molecule has 4 nitrogen and oxygen atoms in total. The minimum absolute atomic E-state index is 0.186. The molecule has 0 saturated carbocycles. The molecule has 6 heteroatoms. The van der Waals surface area contributed by atoms with Gasteiger partial charge < -0.3 is 10.1 Å². The highest BCUT2D eigenvalue weighted by Crippen LogP contribution is 2.25. The van der Waals surface area contributed by atoms with Gasteiger partial charge in [0.1, 0.15) is 10.7 Å². The van der Waals surface area contributed by atoms with E-state index in [1.54, 1.807) is 12.5 Å². The molecule has 3 aromatic rings. The van der Waals surface area contributed by atoms with Crippen molar-refractivity contribution in [1.29, 1.82) is 0 Å². The molecular weight excluding hydrogens is 356 g/mol. The summed E-state index contributed by atoms with van der Waals surface area (Å²) in [6.07, 6.45) is 0. The van der Waals surface area contributed by atoms with Crippen LogP contribution in [0, 0.1) is 0 Å². The predicted octanol–water partition coefficient (Wildman–Crippen LogP) is 4.54. The summed E-state index contributed by atoms with van der Waals surface area (Å²) in [5, 5.41) is 6.14. The van der Waals surface area contributed by atoms with Crippen molar-refractivity contribution in [2.24, 2.45) is 0 Å². The lowest BCUT2D eigenvalue weighted by molar-refractivity contribution is 0.0946. The SMILES string of the molecule is COCc1cccc(CNC(=O)c2csc(-c3ccc(Cl)cc3)n2)c1. The molecule has 0 spiro atoms. The summed E-state index contributed by atoms with van der Waals surface area (Å²) in [6, 6.07) is 15.3. The van der Waals surface area contributed by atoms with Gasteiger partial charge in [-0.1, -0.05) is 48.0 Å². The quantitative estimate of drug-likeness (QED) is 0.691. The van der Waals surface area contributed by atoms with Crippen molar-refractivity contribution in [3.63, 3.8) is 0 Å². The summed E-state index contributed by atoms with van der Waals surface area (Å²) >= 11 is 7.33. The number of benzene rings is 2. The van der Waals surface area contributed by atoms with E-state index < -0.39 is 0 Å². The van der Waals surface area contributed by atoms with Crippen LogP contribution in [0.25, 0.3) is 10.6 Å². The summed E-state index contributed by atoms with van der Waals surface area (Å²) < 4.78 is 5.13. The lowest BCUT2D eigenvalue weighted by Gasteiger charge is -2.06. The molecule has 3 rings (SSSR count). The smallest absolute Gasteiger partial charge is 0.271 e. The van der Waals surface area contributed by atoms with Crippen LogP contribution in [0.1, 0.15) is 21.6 Å². The molecule has 0 bridgehead atoms. The first-order valence-electron chi connectivity index (χ1n) is 7.72. The number of amides is 1. The highest BCUT2D eigenvalue weighted by atomic mass is 35.5. The van der Waals surface area contributed by atoms with Gasteiger partial charge in [-0.2, -0.15) is 0 Å². The lowest BCUT2D eigenvalue weighted by atomic mass is 10.1. The van der Waals surface area contributed by atoms with Gasteiger partial charge in [-0.3, -0.25) is 4.79 Å².